The molecule has 27 heavy (non-hydrogen) atoms. The number of hydroxylamine groups is 2. The Balaban J connectivity index is 1.83. The molecule has 0 aliphatic rings. The van der Waals surface area contributed by atoms with Crippen LogP contribution in [0.1, 0.15) is 38.2 Å². The molecule has 0 aliphatic heterocycles. The zero-order chi connectivity index (χ0) is 19.2. The Hall–Kier alpha value is -2.91. The minimum Gasteiger partial charge on any atom is -0.363 e. The Morgan fingerprint density at radius 3 is 1.67 bits per heavy atom. The summed E-state index contributed by atoms with van der Waals surface area (Å²) in [5.74, 6) is -0.308. The third kappa shape index (κ3) is 5.05. The summed E-state index contributed by atoms with van der Waals surface area (Å²) in [5.41, 5.74) is 5.87. The Morgan fingerprint density at radius 2 is 1.22 bits per heavy atom. The molecule has 0 spiro atoms. The summed E-state index contributed by atoms with van der Waals surface area (Å²) in [7, 11) is 0. The highest BCUT2D eigenvalue weighted by Crippen LogP contribution is 2.19. The van der Waals surface area contributed by atoms with E-state index in [4.69, 9.17) is 4.84 Å². The van der Waals surface area contributed by atoms with Crippen molar-refractivity contribution in [2.45, 2.75) is 33.9 Å². The van der Waals surface area contributed by atoms with Crippen LogP contribution in [0.25, 0.3) is 0 Å². The smallest absolute Gasteiger partial charge is 0.357 e. The second-order valence-electron chi connectivity index (χ2n) is 6.92. The van der Waals surface area contributed by atoms with Gasteiger partial charge in [-0.25, -0.2) is 4.79 Å². The number of hydrogen-bond acceptors (Lipinski definition) is 3. The highest BCUT2D eigenvalue weighted by molar-refractivity contribution is 5.92. The van der Waals surface area contributed by atoms with Crippen LogP contribution < -0.4 is 0 Å². The summed E-state index contributed by atoms with van der Waals surface area (Å²) < 4.78 is 0. The van der Waals surface area contributed by atoms with Gasteiger partial charge in [0.25, 0.3) is 0 Å². The van der Waals surface area contributed by atoms with Gasteiger partial charge in [-0.3, -0.25) is 0 Å². The van der Waals surface area contributed by atoms with Gasteiger partial charge >= 0.3 is 5.97 Å². The van der Waals surface area contributed by atoms with Crippen LogP contribution in [0.3, 0.4) is 0 Å². The molecule has 0 amide bonds. The lowest BCUT2D eigenvalue weighted by atomic mass is 10.0. The molecule has 3 rings (SSSR count). The molecule has 0 aromatic heterocycles. The van der Waals surface area contributed by atoms with Crippen molar-refractivity contribution in [3.63, 3.8) is 0 Å². The molecule has 0 saturated heterocycles. The summed E-state index contributed by atoms with van der Waals surface area (Å²) in [4.78, 5) is 18.8. The molecule has 0 fully saturated rings. The third-order valence-electron chi connectivity index (χ3n) is 4.50. The van der Waals surface area contributed by atoms with Crippen molar-refractivity contribution in [1.29, 1.82) is 0 Å². The summed E-state index contributed by atoms with van der Waals surface area (Å²) in [5, 5.41) is 1.73. The van der Waals surface area contributed by atoms with Crippen molar-refractivity contribution in [3.05, 3.63) is 106 Å². The van der Waals surface area contributed by atoms with Gasteiger partial charge in [-0.2, -0.15) is 0 Å². The predicted molar refractivity (Wildman–Crippen MR) is 108 cm³/mol. The first-order chi connectivity index (χ1) is 13.0. The first-order valence-corrected chi connectivity index (χ1v) is 9.16. The molecule has 0 bridgehead atoms. The van der Waals surface area contributed by atoms with E-state index in [9.17, 15) is 4.79 Å². The molecule has 3 heteroatoms. The number of benzene rings is 3. The second-order valence-corrected chi connectivity index (χ2v) is 6.92. The third-order valence-corrected chi connectivity index (χ3v) is 4.50. The molecule has 3 aromatic rings. The van der Waals surface area contributed by atoms with E-state index in [1.807, 2.05) is 93.6 Å². The first kappa shape index (κ1) is 18.9. The lowest BCUT2D eigenvalue weighted by Crippen LogP contribution is -2.27. The van der Waals surface area contributed by atoms with Crippen LogP contribution in [-0.4, -0.2) is 11.0 Å². The van der Waals surface area contributed by atoms with Crippen LogP contribution in [-0.2, 0) is 17.9 Å². The first-order valence-electron chi connectivity index (χ1n) is 9.16. The highest BCUT2D eigenvalue weighted by Gasteiger charge is 2.19. The molecule has 138 valence electrons. The number of carbonyl (C=O) groups is 1. The van der Waals surface area contributed by atoms with E-state index in [1.54, 1.807) is 5.06 Å². The number of nitrogens with zero attached hydrogens (tertiary/aromatic N) is 1. The fourth-order valence-corrected chi connectivity index (χ4v) is 3.36. The highest BCUT2D eigenvalue weighted by atomic mass is 16.7. The summed E-state index contributed by atoms with van der Waals surface area (Å²) in [6, 6.07) is 24.1. The molecule has 3 aromatic carbocycles. The molecule has 0 radical (unpaired) electrons. The van der Waals surface area contributed by atoms with Crippen molar-refractivity contribution in [2.24, 2.45) is 0 Å². The zero-order valence-electron chi connectivity index (χ0n) is 16.1. The normalized spacial score (nSPS) is 10.8. The zero-order valence-corrected chi connectivity index (χ0v) is 16.1. The van der Waals surface area contributed by atoms with Crippen molar-refractivity contribution < 1.29 is 9.63 Å². The Labute approximate surface area is 161 Å². The summed E-state index contributed by atoms with van der Waals surface area (Å²) >= 11 is 0. The second kappa shape index (κ2) is 8.65. The Kier molecular flexibility index (Phi) is 6.05. The van der Waals surface area contributed by atoms with Gasteiger partial charge in [0.1, 0.15) is 0 Å². The maximum atomic E-state index is 12.9. The van der Waals surface area contributed by atoms with Crippen LogP contribution >= 0.6 is 0 Å². The van der Waals surface area contributed by atoms with E-state index in [-0.39, 0.29) is 5.97 Å². The van der Waals surface area contributed by atoms with Crippen LogP contribution in [0.4, 0.5) is 0 Å². The monoisotopic (exact) mass is 359 g/mol. The molecule has 3 nitrogen and oxygen atoms in total. The number of aryl methyl sites for hydroxylation is 3. The van der Waals surface area contributed by atoms with Crippen molar-refractivity contribution in [1.82, 2.24) is 5.06 Å². The van der Waals surface area contributed by atoms with Crippen LogP contribution in [0.5, 0.6) is 0 Å². The van der Waals surface area contributed by atoms with Gasteiger partial charge in [-0.15, -0.1) is 5.06 Å². The van der Waals surface area contributed by atoms with Crippen LogP contribution in [0, 0.1) is 20.8 Å². The van der Waals surface area contributed by atoms with Crippen molar-refractivity contribution >= 4 is 5.97 Å². The van der Waals surface area contributed by atoms with Crippen LogP contribution in [0.15, 0.2) is 72.8 Å². The Morgan fingerprint density at radius 1 is 0.778 bits per heavy atom. The maximum Gasteiger partial charge on any atom is 0.357 e. The topological polar surface area (TPSA) is 29.5 Å². The van der Waals surface area contributed by atoms with Gasteiger partial charge in [-0.1, -0.05) is 78.4 Å². The quantitative estimate of drug-likeness (QED) is 0.553. The van der Waals surface area contributed by atoms with E-state index in [2.05, 4.69) is 0 Å². The van der Waals surface area contributed by atoms with E-state index < -0.39 is 0 Å². The van der Waals surface area contributed by atoms with Crippen molar-refractivity contribution in [3.8, 4) is 0 Å². The molecule has 0 unspecified atom stereocenters. The summed E-state index contributed by atoms with van der Waals surface area (Å²) in [6.07, 6.45) is 0. The minimum absolute atomic E-state index is 0.308. The lowest BCUT2D eigenvalue weighted by molar-refractivity contribution is -0.123. The van der Waals surface area contributed by atoms with E-state index in [0.717, 1.165) is 27.8 Å². The van der Waals surface area contributed by atoms with Gasteiger partial charge < -0.3 is 4.84 Å². The molecule has 0 N–H and O–H groups in total. The number of carbonyl (C=O) groups excluding carboxylic acids is 1. The lowest BCUT2D eigenvalue weighted by Gasteiger charge is -2.22. The van der Waals surface area contributed by atoms with E-state index >= 15 is 0 Å². The fourth-order valence-electron chi connectivity index (χ4n) is 3.36. The molecule has 0 atom stereocenters. The molecule has 0 saturated carbocycles. The maximum absolute atomic E-state index is 12.9. The summed E-state index contributed by atoms with van der Waals surface area (Å²) in [6.45, 7) is 7.01. The van der Waals surface area contributed by atoms with Crippen LogP contribution in [0.2, 0.25) is 0 Å². The predicted octanol–water partition coefficient (Wildman–Crippen LogP) is 5.39. The van der Waals surface area contributed by atoms with E-state index in [1.165, 1.54) is 0 Å². The minimum atomic E-state index is -0.308. The largest absolute Gasteiger partial charge is 0.363 e. The van der Waals surface area contributed by atoms with Gasteiger partial charge in [0.15, 0.2) is 0 Å². The number of hydrogen-bond donors (Lipinski definition) is 0. The average molecular weight is 359 g/mol. The van der Waals surface area contributed by atoms with Gasteiger partial charge in [0.05, 0.1) is 18.7 Å². The fraction of sp³-hybridized carbons (Fsp3) is 0.208. The molecular weight excluding hydrogens is 334 g/mol. The molecule has 0 aliphatic carbocycles. The van der Waals surface area contributed by atoms with Gasteiger partial charge in [0, 0.05) is 0 Å². The molecular formula is C24H25NO2. The molecule has 0 heterocycles. The average Bonchev–Trinajstić information content (AvgIpc) is 2.62. The van der Waals surface area contributed by atoms with Gasteiger partial charge in [0.2, 0.25) is 0 Å². The van der Waals surface area contributed by atoms with E-state index in [0.29, 0.717) is 18.7 Å². The SMILES string of the molecule is Cc1cc(C)c(C(=O)ON(Cc2ccccc2)Cc2ccccc2)c(C)c1. The standard InChI is InChI=1S/C24H25NO2/c1-18-14-19(2)23(20(3)15-18)24(26)27-25(16-21-10-6-4-7-11-21)17-22-12-8-5-9-13-22/h4-15H,16-17H2,1-3H3. The van der Waals surface area contributed by atoms with Crippen molar-refractivity contribution in [2.75, 3.05) is 0 Å². The number of rotatable bonds is 6. The Bertz CT molecular complexity index is 840. The van der Waals surface area contributed by atoms with Gasteiger partial charge in [-0.05, 0) is 43.0 Å².